The van der Waals surface area contributed by atoms with Gasteiger partial charge in [-0.1, -0.05) is 11.6 Å². The summed E-state index contributed by atoms with van der Waals surface area (Å²) in [6, 6.07) is 0. The number of carbonyl (C=O) groups excluding carboxylic acids is 1. The van der Waals surface area contributed by atoms with E-state index >= 15 is 0 Å². The molecule has 0 N–H and O–H groups in total. The molecule has 1 aromatic heterocycles. The Kier molecular flexibility index (Phi) is 5.85. The first kappa shape index (κ1) is 17.7. The molecule has 0 radical (unpaired) electrons. The number of hydrogen-bond acceptors (Lipinski definition) is 5. The fourth-order valence-corrected chi connectivity index (χ4v) is 4.92. The van der Waals surface area contributed by atoms with Gasteiger partial charge >= 0.3 is 6.09 Å². The number of rotatable bonds is 3. The van der Waals surface area contributed by atoms with Crippen LogP contribution in [0.1, 0.15) is 38.5 Å². The lowest BCUT2D eigenvalue weighted by Gasteiger charge is -2.33. The molecule has 0 spiro atoms. The Bertz CT molecular complexity index is 549. The van der Waals surface area contributed by atoms with Gasteiger partial charge in [0.15, 0.2) is 4.47 Å². The topological polar surface area (TPSA) is 59.5 Å². The lowest BCUT2D eigenvalue weighted by Crippen LogP contribution is -2.43. The molecule has 0 bridgehead atoms. The van der Waals surface area contributed by atoms with E-state index in [0.29, 0.717) is 23.3 Å². The molecule has 1 saturated heterocycles. The summed E-state index contributed by atoms with van der Waals surface area (Å²) in [5, 5.41) is 0.111. The maximum Gasteiger partial charge on any atom is 0.410 e. The van der Waals surface area contributed by atoms with Crippen LogP contribution in [0.25, 0.3) is 0 Å². The van der Waals surface area contributed by atoms with Crippen LogP contribution in [0.5, 0.6) is 0 Å². The van der Waals surface area contributed by atoms with Crippen molar-refractivity contribution < 1.29 is 13.7 Å². The molecule has 0 saturated carbocycles. The van der Waals surface area contributed by atoms with Crippen LogP contribution in [0.15, 0.2) is 6.20 Å². The summed E-state index contributed by atoms with van der Waals surface area (Å²) in [7, 11) is -0.958. The highest BCUT2D eigenvalue weighted by atomic mass is 35.5. The number of carbonyl (C=O) groups is 1. The largest absolute Gasteiger partial charge is 0.444 e. The minimum absolute atomic E-state index is 0.111. The molecule has 22 heavy (non-hydrogen) atoms. The zero-order valence-corrected chi connectivity index (χ0v) is 15.4. The smallest absolute Gasteiger partial charge is 0.410 e. The zero-order valence-electron chi connectivity index (χ0n) is 13.0. The fraction of sp³-hybridized carbons (Fsp3) is 0.714. The first-order valence-corrected chi connectivity index (χ1v) is 9.77. The zero-order chi connectivity index (χ0) is 16.3. The number of halogens is 1. The highest BCUT2D eigenvalue weighted by Gasteiger charge is 2.29. The molecule has 1 fully saturated rings. The SMILES string of the molecule is CC(C)(C)OC(=O)N1CCC([S@](=O)Cc2cnc(Cl)s2)CC1. The summed E-state index contributed by atoms with van der Waals surface area (Å²) in [4.78, 5) is 18.6. The normalized spacial score (nSPS) is 18.3. The van der Waals surface area contributed by atoms with Crippen LogP contribution in [0.4, 0.5) is 4.79 Å². The lowest BCUT2D eigenvalue weighted by molar-refractivity contribution is 0.0218. The minimum atomic E-state index is -0.958. The van der Waals surface area contributed by atoms with Crippen LogP contribution in [-0.2, 0) is 21.3 Å². The maximum atomic E-state index is 12.4. The molecule has 0 aliphatic carbocycles. The first-order valence-electron chi connectivity index (χ1n) is 7.20. The van der Waals surface area contributed by atoms with E-state index in [9.17, 15) is 9.00 Å². The van der Waals surface area contributed by atoms with Crippen molar-refractivity contribution in [2.24, 2.45) is 0 Å². The molecule has 0 unspecified atom stereocenters. The van der Waals surface area contributed by atoms with Gasteiger partial charge in [-0.05, 0) is 33.6 Å². The fourth-order valence-electron chi connectivity index (χ4n) is 2.24. The minimum Gasteiger partial charge on any atom is -0.444 e. The van der Waals surface area contributed by atoms with Gasteiger partial charge in [-0.15, -0.1) is 11.3 Å². The van der Waals surface area contributed by atoms with Crippen molar-refractivity contribution in [2.75, 3.05) is 13.1 Å². The average molecular weight is 365 g/mol. The van der Waals surface area contributed by atoms with E-state index in [1.165, 1.54) is 11.3 Å². The van der Waals surface area contributed by atoms with Gasteiger partial charge in [-0.25, -0.2) is 9.78 Å². The van der Waals surface area contributed by atoms with Crippen LogP contribution in [0.3, 0.4) is 0 Å². The average Bonchev–Trinajstić information content (AvgIpc) is 2.82. The molecular formula is C14H21ClN2O3S2. The number of ether oxygens (including phenoxy) is 1. The van der Waals surface area contributed by atoms with Crippen molar-refractivity contribution >= 4 is 39.8 Å². The number of nitrogens with zero attached hydrogens (tertiary/aromatic N) is 2. The lowest BCUT2D eigenvalue weighted by atomic mass is 10.1. The number of thiazole rings is 1. The van der Waals surface area contributed by atoms with Gasteiger partial charge in [0.25, 0.3) is 0 Å². The van der Waals surface area contributed by atoms with Gasteiger partial charge < -0.3 is 9.64 Å². The van der Waals surface area contributed by atoms with Gasteiger partial charge in [0, 0.05) is 40.2 Å². The molecule has 2 rings (SSSR count). The Morgan fingerprint density at radius 1 is 1.50 bits per heavy atom. The number of aromatic nitrogens is 1. The highest BCUT2D eigenvalue weighted by molar-refractivity contribution is 7.85. The Morgan fingerprint density at radius 3 is 2.64 bits per heavy atom. The van der Waals surface area contributed by atoms with Crippen LogP contribution >= 0.6 is 22.9 Å². The van der Waals surface area contributed by atoms with Crippen molar-refractivity contribution in [1.82, 2.24) is 9.88 Å². The molecular weight excluding hydrogens is 344 g/mol. The molecule has 1 amide bonds. The van der Waals surface area contributed by atoms with E-state index < -0.39 is 16.4 Å². The standard InChI is InChI=1S/C14H21ClN2O3S2/c1-14(2,3)20-13(18)17-6-4-11(5-7-17)22(19)9-10-8-16-12(15)21-10/h8,11H,4-7,9H2,1-3H3/t22-/m1/s1. The van der Waals surface area contributed by atoms with Crippen LogP contribution in [0.2, 0.25) is 4.47 Å². The predicted octanol–water partition coefficient (Wildman–Crippen LogP) is 3.44. The third kappa shape index (κ3) is 5.21. The van der Waals surface area contributed by atoms with Crippen molar-refractivity contribution in [2.45, 2.75) is 50.2 Å². The Hall–Kier alpha value is -0.660. The van der Waals surface area contributed by atoms with Crippen molar-refractivity contribution in [3.8, 4) is 0 Å². The number of likely N-dealkylation sites (tertiary alicyclic amines) is 1. The second-order valence-corrected chi connectivity index (χ2v) is 9.69. The molecule has 5 nitrogen and oxygen atoms in total. The van der Waals surface area contributed by atoms with Crippen molar-refractivity contribution in [3.63, 3.8) is 0 Å². The third-order valence-corrected chi connectivity index (χ3v) is 6.38. The molecule has 1 aliphatic heterocycles. The summed E-state index contributed by atoms with van der Waals surface area (Å²) in [6.07, 6.45) is 2.86. The summed E-state index contributed by atoms with van der Waals surface area (Å²) in [5.74, 6) is 0.488. The molecule has 1 aliphatic rings. The number of piperidine rings is 1. The Morgan fingerprint density at radius 2 is 2.14 bits per heavy atom. The van der Waals surface area contributed by atoms with E-state index in [2.05, 4.69) is 4.98 Å². The van der Waals surface area contributed by atoms with E-state index in [1.54, 1.807) is 11.1 Å². The predicted molar refractivity (Wildman–Crippen MR) is 89.8 cm³/mol. The highest BCUT2D eigenvalue weighted by Crippen LogP contribution is 2.24. The Labute approximate surface area is 142 Å². The van der Waals surface area contributed by atoms with E-state index in [1.807, 2.05) is 20.8 Å². The second-order valence-electron chi connectivity index (χ2n) is 6.27. The van der Waals surface area contributed by atoms with E-state index in [4.69, 9.17) is 16.3 Å². The second kappa shape index (κ2) is 7.27. The van der Waals surface area contributed by atoms with Gasteiger partial charge in [0.05, 0.1) is 5.75 Å². The van der Waals surface area contributed by atoms with Crippen molar-refractivity contribution in [1.29, 1.82) is 0 Å². The molecule has 0 aromatic carbocycles. The van der Waals surface area contributed by atoms with Gasteiger partial charge in [0.1, 0.15) is 5.60 Å². The molecule has 124 valence electrons. The van der Waals surface area contributed by atoms with E-state index in [-0.39, 0.29) is 11.3 Å². The van der Waals surface area contributed by atoms with Crippen LogP contribution < -0.4 is 0 Å². The van der Waals surface area contributed by atoms with Crippen LogP contribution in [0, 0.1) is 0 Å². The van der Waals surface area contributed by atoms with E-state index in [0.717, 1.165) is 17.7 Å². The maximum absolute atomic E-state index is 12.4. The summed E-state index contributed by atoms with van der Waals surface area (Å²) in [5.41, 5.74) is -0.484. The first-order chi connectivity index (χ1) is 10.2. The van der Waals surface area contributed by atoms with Gasteiger partial charge in [-0.2, -0.15) is 0 Å². The quantitative estimate of drug-likeness (QED) is 0.824. The summed E-state index contributed by atoms with van der Waals surface area (Å²) < 4.78 is 18.2. The Balaban J connectivity index is 1.81. The van der Waals surface area contributed by atoms with Crippen molar-refractivity contribution in [3.05, 3.63) is 15.5 Å². The molecule has 1 aromatic rings. The van der Waals surface area contributed by atoms with Gasteiger partial charge in [0.2, 0.25) is 0 Å². The third-order valence-electron chi connectivity index (χ3n) is 3.28. The molecule has 1 atom stereocenters. The summed E-state index contributed by atoms with van der Waals surface area (Å²) >= 11 is 7.16. The summed E-state index contributed by atoms with van der Waals surface area (Å²) in [6.45, 7) is 6.75. The monoisotopic (exact) mass is 364 g/mol. The van der Waals surface area contributed by atoms with Crippen LogP contribution in [-0.4, -0.2) is 44.1 Å². The number of amides is 1. The number of hydrogen-bond donors (Lipinski definition) is 0. The molecule has 8 heteroatoms. The molecule has 2 heterocycles. The van der Waals surface area contributed by atoms with Gasteiger partial charge in [-0.3, -0.25) is 4.21 Å².